The predicted molar refractivity (Wildman–Crippen MR) is 110 cm³/mol. The average Bonchev–Trinajstić information content (AvgIpc) is 2.73. The molecule has 0 bridgehead atoms. The summed E-state index contributed by atoms with van der Waals surface area (Å²) in [6.45, 7) is 4.06. The molecule has 1 saturated carbocycles. The summed E-state index contributed by atoms with van der Waals surface area (Å²) in [4.78, 5) is 24.2. The van der Waals surface area contributed by atoms with Gasteiger partial charge in [0.1, 0.15) is 5.75 Å². The maximum absolute atomic E-state index is 12.1. The van der Waals surface area contributed by atoms with Gasteiger partial charge in [0, 0.05) is 23.7 Å². The number of nitrogens with one attached hydrogen (secondary N) is 1. The van der Waals surface area contributed by atoms with Gasteiger partial charge in [0.15, 0.2) is 18.1 Å². The lowest BCUT2D eigenvalue weighted by molar-refractivity contribution is -0.144. The third kappa shape index (κ3) is 6.14. The van der Waals surface area contributed by atoms with E-state index in [4.69, 9.17) is 18.9 Å². The third-order valence-corrected chi connectivity index (χ3v) is 5.53. The van der Waals surface area contributed by atoms with Crippen molar-refractivity contribution in [2.75, 3.05) is 27.9 Å². The first kappa shape index (κ1) is 22.6. The quantitative estimate of drug-likeness (QED) is 0.528. The zero-order valence-corrected chi connectivity index (χ0v) is 17.8. The molecule has 0 saturated heterocycles. The van der Waals surface area contributed by atoms with Crippen LogP contribution in [0.3, 0.4) is 0 Å². The van der Waals surface area contributed by atoms with E-state index in [2.05, 4.69) is 19.2 Å². The van der Waals surface area contributed by atoms with Crippen molar-refractivity contribution >= 4 is 18.0 Å². The summed E-state index contributed by atoms with van der Waals surface area (Å²) in [6.07, 6.45) is 6.05. The molecule has 1 aromatic rings. The molecule has 1 aromatic carbocycles. The molecule has 29 heavy (non-hydrogen) atoms. The van der Waals surface area contributed by atoms with Crippen molar-refractivity contribution in [3.8, 4) is 17.2 Å². The molecule has 2 rings (SSSR count). The normalized spacial score (nSPS) is 21.5. The van der Waals surface area contributed by atoms with E-state index in [0.29, 0.717) is 34.6 Å². The molecule has 3 atom stereocenters. The number of carbonyl (C=O) groups excluding carboxylic acids is 2. The number of esters is 1. The van der Waals surface area contributed by atoms with E-state index >= 15 is 0 Å². The van der Waals surface area contributed by atoms with Crippen LogP contribution in [0.1, 0.15) is 38.7 Å². The van der Waals surface area contributed by atoms with E-state index in [1.54, 1.807) is 18.2 Å². The highest BCUT2D eigenvalue weighted by molar-refractivity contribution is 5.90. The fraction of sp³-hybridized carbons (Fsp3) is 0.545. The van der Waals surface area contributed by atoms with Crippen LogP contribution in [-0.4, -0.2) is 45.9 Å². The smallest absolute Gasteiger partial charge is 0.331 e. The lowest BCUT2D eigenvalue weighted by Crippen LogP contribution is -2.45. The van der Waals surface area contributed by atoms with Gasteiger partial charge in [0.05, 0.1) is 21.3 Å². The largest absolute Gasteiger partial charge is 0.496 e. The fourth-order valence-corrected chi connectivity index (χ4v) is 3.56. The minimum Gasteiger partial charge on any atom is -0.496 e. The van der Waals surface area contributed by atoms with Crippen LogP contribution >= 0.6 is 0 Å². The predicted octanol–water partition coefficient (Wildman–Crippen LogP) is 3.21. The number of hydrogen-bond donors (Lipinski definition) is 1. The Morgan fingerprint density at radius 2 is 1.69 bits per heavy atom. The summed E-state index contributed by atoms with van der Waals surface area (Å²) in [5, 5.41) is 2.98. The Morgan fingerprint density at radius 3 is 2.34 bits per heavy atom. The van der Waals surface area contributed by atoms with Crippen LogP contribution in [0.4, 0.5) is 0 Å². The SMILES string of the molecule is COc1cc(OC)c(OC)cc1/C=C/C(=O)OCC(=O)N[C@H]1CCC[C@@H](C)[C@H]1C. The van der Waals surface area contributed by atoms with Gasteiger partial charge in [-0.05, 0) is 30.4 Å². The highest BCUT2D eigenvalue weighted by Gasteiger charge is 2.28. The van der Waals surface area contributed by atoms with Crippen molar-refractivity contribution in [1.29, 1.82) is 0 Å². The summed E-state index contributed by atoms with van der Waals surface area (Å²) >= 11 is 0. The molecule has 1 aliphatic rings. The molecule has 0 heterocycles. The Bertz CT molecular complexity index is 745. The van der Waals surface area contributed by atoms with E-state index in [9.17, 15) is 9.59 Å². The first-order valence-electron chi connectivity index (χ1n) is 9.83. The maximum Gasteiger partial charge on any atom is 0.331 e. The van der Waals surface area contributed by atoms with Crippen molar-refractivity contribution in [1.82, 2.24) is 5.32 Å². The van der Waals surface area contributed by atoms with Crippen molar-refractivity contribution < 1.29 is 28.5 Å². The number of hydrogen-bond acceptors (Lipinski definition) is 6. The average molecular weight is 405 g/mol. The second kappa shape index (κ2) is 10.7. The molecule has 160 valence electrons. The monoisotopic (exact) mass is 405 g/mol. The van der Waals surface area contributed by atoms with Crippen LogP contribution in [0.25, 0.3) is 6.08 Å². The molecule has 7 nitrogen and oxygen atoms in total. The summed E-state index contributed by atoms with van der Waals surface area (Å²) in [7, 11) is 4.58. The van der Waals surface area contributed by atoms with Crippen LogP contribution in [0.15, 0.2) is 18.2 Å². The lowest BCUT2D eigenvalue weighted by atomic mass is 9.78. The zero-order valence-electron chi connectivity index (χ0n) is 17.8. The second-order valence-electron chi connectivity index (χ2n) is 7.33. The van der Waals surface area contributed by atoms with E-state index in [0.717, 1.165) is 12.8 Å². The van der Waals surface area contributed by atoms with Crippen LogP contribution in [0.2, 0.25) is 0 Å². The van der Waals surface area contributed by atoms with Gasteiger partial charge in [-0.1, -0.05) is 26.7 Å². The van der Waals surface area contributed by atoms with Crippen LogP contribution in [-0.2, 0) is 14.3 Å². The summed E-state index contributed by atoms with van der Waals surface area (Å²) in [5.41, 5.74) is 0.622. The molecule has 0 aliphatic heterocycles. The Labute approximate surface area is 172 Å². The molecular formula is C22H31NO6. The fourth-order valence-electron chi connectivity index (χ4n) is 3.56. The highest BCUT2D eigenvalue weighted by Crippen LogP contribution is 2.35. The van der Waals surface area contributed by atoms with Gasteiger partial charge in [-0.3, -0.25) is 4.79 Å². The van der Waals surface area contributed by atoms with Crippen LogP contribution in [0, 0.1) is 11.8 Å². The Morgan fingerprint density at radius 1 is 1.03 bits per heavy atom. The van der Waals surface area contributed by atoms with Gasteiger partial charge in [-0.2, -0.15) is 0 Å². The molecule has 1 fully saturated rings. The zero-order chi connectivity index (χ0) is 21.4. The molecular weight excluding hydrogens is 374 g/mol. The maximum atomic E-state index is 12.1. The minimum absolute atomic E-state index is 0.136. The third-order valence-electron chi connectivity index (χ3n) is 5.53. The van der Waals surface area contributed by atoms with Gasteiger partial charge < -0.3 is 24.3 Å². The number of methoxy groups -OCH3 is 3. The van der Waals surface area contributed by atoms with Gasteiger partial charge >= 0.3 is 5.97 Å². The minimum atomic E-state index is -0.609. The molecule has 0 aromatic heterocycles. The van der Waals surface area contributed by atoms with Crippen molar-refractivity contribution in [3.05, 3.63) is 23.8 Å². The van der Waals surface area contributed by atoms with Gasteiger partial charge in [-0.25, -0.2) is 4.79 Å². The van der Waals surface area contributed by atoms with Crippen molar-refractivity contribution in [3.63, 3.8) is 0 Å². The first-order chi connectivity index (χ1) is 13.9. The molecule has 0 radical (unpaired) electrons. The Kier molecular flexibility index (Phi) is 8.36. The molecule has 1 aliphatic carbocycles. The van der Waals surface area contributed by atoms with Gasteiger partial charge in [-0.15, -0.1) is 0 Å². The number of carbonyl (C=O) groups is 2. The van der Waals surface area contributed by atoms with Gasteiger partial charge in [0.2, 0.25) is 0 Å². The lowest BCUT2D eigenvalue weighted by Gasteiger charge is -2.34. The van der Waals surface area contributed by atoms with E-state index in [1.807, 2.05) is 0 Å². The molecule has 0 unspecified atom stereocenters. The molecule has 7 heteroatoms. The highest BCUT2D eigenvalue weighted by atomic mass is 16.5. The number of ether oxygens (including phenoxy) is 4. The topological polar surface area (TPSA) is 83.1 Å². The van der Waals surface area contributed by atoms with Crippen molar-refractivity contribution in [2.45, 2.75) is 39.2 Å². The summed E-state index contributed by atoms with van der Waals surface area (Å²) in [5.74, 6) is 1.66. The van der Waals surface area contributed by atoms with Gasteiger partial charge in [0.25, 0.3) is 5.91 Å². The molecule has 1 N–H and O–H groups in total. The number of benzene rings is 1. The summed E-state index contributed by atoms with van der Waals surface area (Å²) < 4.78 is 20.9. The van der Waals surface area contributed by atoms with E-state index in [-0.39, 0.29) is 18.6 Å². The first-order valence-corrected chi connectivity index (χ1v) is 9.83. The number of rotatable bonds is 8. The molecule has 1 amide bonds. The number of amides is 1. The van der Waals surface area contributed by atoms with E-state index in [1.165, 1.54) is 33.8 Å². The Balaban J connectivity index is 1.92. The van der Waals surface area contributed by atoms with Crippen LogP contribution < -0.4 is 19.5 Å². The van der Waals surface area contributed by atoms with Crippen LogP contribution in [0.5, 0.6) is 17.2 Å². The molecule has 0 spiro atoms. The van der Waals surface area contributed by atoms with E-state index < -0.39 is 5.97 Å². The second-order valence-corrected chi connectivity index (χ2v) is 7.33. The Hall–Kier alpha value is -2.70. The summed E-state index contributed by atoms with van der Waals surface area (Å²) in [6, 6.07) is 3.50. The van der Waals surface area contributed by atoms with Crippen molar-refractivity contribution in [2.24, 2.45) is 11.8 Å². The standard InChI is InChI=1S/C22H31NO6/c1-14-7-6-8-17(15(14)2)23-21(24)13-29-22(25)10-9-16-11-19(27-4)20(28-5)12-18(16)26-3/h9-12,14-15,17H,6-8,13H2,1-5H3,(H,23,24)/b10-9+/t14-,15-,17+/m1/s1.